The van der Waals surface area contributed by atoms with E-state index in [2.05, 4.69) is 18.3 Å². The van der Waals surface area contributed by atoms with Gasteiger partial charge in [0.1, 0.15) is 0 Å². The molecule has 0 radical (unpaired) electrons. The van der Waals surface area contributed by atoms with Gasteiger partial charge in [0.25, 0.3) is 0 Å². The van der Waals surface area contributed by atoms with E-state index in [0.717, 1.165) is 11.6 Å². The second-order valence-corrected chi connectivity index (χ2v) is 5.50. The van der Waals surface area contributed by atoms with E-state index in [9.17, 15) is 0 Å². The summed E-state index contributed by atoms with van der Waals surface area (Å²) in [5.74, 6) is 0.841. The van der Waals surface area contributed by atoms with E-state index >= 15 is 0 Å². The first-order chi connectivity index (χ1) is 8.72. The molecule has 1 aromatic rings. The quantitative estimate of drug-likeness (QED) is 0.865. The summed E-state index contributed by atoms with van der Waals surface area (Å²) < 4.78 is 0. The zero-order chi connectivity index (χ0) is 13.0. The molecule has 2 unspecified atom stereocenters. The summed E-state index contributed by atoms with van der Waals surface area (Å²) in [6.07, 6.45) is 6.36. The van der Waals surface area contributed by atoms with Crippen LogP contribution in [0.15, 0.2) is 18.2 Å². The lowest BCUT2D eigenvalue weighted by Crippen LogP contribution is -2.27. The minimum Gasteiger partial charge on any atom is -0.381 e. The third-order valence-electron chi connectivity index (χ3n) is 3.82. The Morgan fingerprint density at radius 2 is 2.28 bits per heavy atom. The van der Waals surface area contributed by atoms with Gasteiger partial charge in [-0.15, -0.1) is 0 Å². The Hall–Kier alpha value is -1.20. The van der Waals surface area contributed by atoms with Gasteiger partial charge >= 0.3 is 0 Å². The van der Waals surface area contributed by atoms with E-state index < -0.39 is 0 Å². The number of anilines is 1. The highest BCUT2D eigenvalue weighted by atomic mass is 35.5. The van der Waals surface area contributed by atoms with Crippen molar-refractivity contribution in [2.75, 3.05) is 5.32 Å². The fourth-order valence-electron chi connectivity index (χ4n) is 2.71. The largest absolute Gasteiger partial charge is 0.381 e. The Morgan fingerprint density at radius 3 is 2.94 bits per heavy atom. The predicted molar refractivity (Wildman–Crippen MR) is 75.8 cm³/mol. The SMILES string of the molecule is CCC1CCCC(Nc2ccc(C#N)cc2Cl)C1. The Bertz CT molecular complexity index is 450. The van der Waals surface area contributed by atoms with Crippen LogP contribution in [0.4, 0.5) is 5.69 Å². The topological polar surface area (TPSA) is 35.8 Å². The van der Waals surface area contributed by atoms with Gasteiger partial charge in [-0.25, -0.2) is 0 Å². The Balaban J connectivity index is 2.03. The van der Waals surface area contributed by atoms with Crippen LogP contribution in [0.5, 0.6) is 0 Å². The molecule has 0 heterocycles. The van der Waals surface area contributed by atoms with Gasteiger partial charge in [-0.2, -0.15) is 5.26 Å². The van der Waals surface area contributed by atoms with Crippen molar-refractivity contribution in [3.63, 3.8) is 0 Å². The van der Waals surface area contributed by atoms with E-state index in [0.29, 0.717) is 16.6 Å². The number of hydrogen-bond acceptors (Lipinski definition) is 2. The molecule has 2 nitrogen and oxygen atoms in total. The van der Waals surface area contributed by atoms with Gasteiger partial charge in [0.05, 0.1) is 22.3 Å². The van der Waals surface area contributed by atoms with Gasteiger partial charge < -0.3 is 5.32 Å². The molecule has 0 saturated heterocycles. The zero-order valence-corrected chi connectivity index (χ0v) is 11.5. The molecule has 0 amide bonds. The number of nitriles is 1. The van der Waals surface area contributed by atoms with Crippen molar-refractivity contribution in [3.8, 4) is 6.07 Å². The van der Waals surface area contributed by atoms with Crippen molar-refractivity contribution >= 4 is 17.3 Å². The molecule has 0 spiro atoms. The van der Waals surface area contributed by atoms with E-state index in [4.69, 9.17) is 16.9 Å². The number of hydrogen-bond donors (Lipinski definition) is 1. The minimum absolute atomic E-state index is 0.522. The van der Waals surface area contributed by atoms with Crippen LogP contribution in [0.2, 0.25) is 5.02 Å². The van der Waals surface area contributed by atoms with Gasteiger partial charge in [-0.1, -0.05) is 37.8 Å². The smallest absolute Gasteiger partial charge is 0.0992 e. The summed E-state index contributed by atoms with van der Waals surface area (Å²) in [5.41, 5.74) is 1.57. The lowest BCUT2D eigenvalue weighted by molar-refractivity contribution is 0.327. The van der Waals surface area contributed by atoms with E-state index in [1.54, 1.807) is 6.07 Å². The summed E-state index contributed by atoms with van der Waals surface area (Å²) >= 11 is 6.18. The van der Waals surface area contributed by atoms with Crippen molar-refractivity contribution in [2.24, 2.45) is 5.92 Å². The summed E-state index contributed by atoms with van der Waals surface area (Å²) in [7, 11) is 0. The Labute approximate surface area is 114 Å². The first-order valence-electron chi connectivity index (χ1n) is 6.69. The van der Waals surface area contributed by atoms with Gasteiger partial charge in [0, 0.05) is 6.04 Å². The van der Waals surface area contributed by atoms with Gasteiger partial charge in [-0.3, -0.25) is 0 Å². The number of rotatable bonds is 3. The second-order valence-electron chi connectivity index (χ2n) is 5.09. The van der Waals surface area contributed by atoms with Crippen LogP contribution in [-0.2, 0) is 0 Å². The van der Waals surface area contributed by atoms with Crippen LogP contribution in [0.1, 0.15) is 44.6 Å². The highest BCUT2D eigenvalue weighted by Crippen LogP contribution is 2.31. The number of benzene rings is 1. The van der Waals surface area contributed by atoms with E-state index in [-0.39, 0.29) is 0 Å². The molecule has 1 N–H and O–H groups in total. The molecule has 18 heavy (non-hydrogen) atoms. The highest BCUT2D eigenvalue weighted by Gasteiger charge is 2.21. The van der Waals surface area contributed by atoms with Gasteiger partial charge in [0.2, 0.25) is 0 Å². The fourth-order valence-corrected chi connectivity index (χ4v) is 2.95. The Morgan fingerprint density at radius 1 is 1.44 bits per heavy atom. The van der Waals surface area contributed by atoms with Crippen molar-refractivity contribution in [2.45, 2.75) is 45.1 Å². The second kappa shape index (κ2) is 6.11. The zero-order valence-electron chi connectivity index (χ0n) is 10.7. The predicted octanol–water partition coefficient (Wildman–Crippen LogP) is 4.59. The lowest BCUT2D eigenvalue weighted by atomic mass is 9.84. The molecule has 0 aliphatic heterocycles. The molecule has 1 aliphatic carbocycles. The molecule has 96 valence electrons. The minimum atomic E-state index is 0.522. The van der Waals surface area contributed by atoms with Crippen LogP contribution in [-0.4, -0.2) is 6.04 Å². The average molecular weight is 263 g/mol. The van der Waals surface area contributed by atoms with Gasteiger partial charge in [0.15, 0.2) is 0 Å². The maximum absolute atomic E-state index is 8.81. The number of nitrogens with zero attached hydrogens (tertiary/aromatic N) is 1. The molecule has 1 aromatic carbocycles. The summed E-state index contributed by atoms with van der Waals surface area (Å²) in [6, 6.07) is 8.08. The number of nitrogens with one attached hydrogen (secondary N) is 1. The summed E-state index contributed by atoms with van der Waals surface area (Å²) in [6.45, 7) is 2.27. The van der Waals surface area contributed by atoms with Crippen molar-refractivity contribution in [1.29, 1.82) is 5.26 Å². The highest BCUT2D eigenvalue weighted by molar-refractivity contribution is 6.33. The first kappa shape index (κ1) is 13.2. The lowest BCUT2D eigenvalue weighted by Gasteiger charge is -2.30. The third kappa shape index (κ3) is 3.17. The molecule has 3 heteroatoms. The standard InChI is InChI=1S/C15H19ClN2/c1-2-11-4-3-5-13(8-11)18-15-7-6-12(10-17)9-14(15)16/h6-7,9,11,13,18H,2-5,8H2,1H3. The van der Waals surface area contributed by atoms with Crippen LogP contribution in [0, 0.1) is 17.2 Å². The van der Waals surface area contributed by atoms with E-state index in [1.807, 2.05) is 12.1 Å². The average Bonchev–Trinajstić information content (AvgIpc) is 2.41. The van der Waals surface area contributed by atoms with Crippen LogP contribution < -0.4 is 5.32 Å². The maximum atomic E-state index is 8.81. The normalized spacial score (nSPS) is 23.4. The van der Waals surface area contributed by atoms with Crippen LogP contribution in [0.25, 0.3) is 0 Å². The van der Waals surface area contributed by atoms with Crippen LogP contribution in [0.3, 0.4) is 0 Å². The number of halogens is 1. The molecule has 2 rings (SSSR count). The fraction of sp³-hybridized carbons (Fsp3) is 0.533. The monoisotopic (exact) mass is 262 g/mol. The van der Waals surface area contributed by atoms with Crippen molar-refractivity contribution in [3.05, 3.63) is 28.8 Å². The molecular weight excluding hydrogens is 244 g/mol. The molecule has 2 atom stereocenters. The van der Waals surface area contributed by atoms with Crippen molar-refractivity contribution in [1.82, 2.24) is 0 Å². The molecule has 0 aromatic heterocycles. The molecule has 1 fully saturated rings. The summed E-state index contributed by atoms with van der Waals surface area (Å²) in [4.78, 5) is 0. The van der Waals surface area contributed by atoms with Crippen molar-refractivity contribution < 1.29 is 0 Å². The third-order valence-corrected chi connectivity index (χ3v) is 4.13. The molecule has 1 saturated carbocycles. The maximum Gasteiger partial charge on any atom is 0.0992 e. The van der Waals surface area contributed by atoms with Gasteiger partial charge in [-0.05, 0) is 37.0 Å². The van der Waals surface area contributed by atoms with Crippen LogP contribution >= 0.6 is 11.6 Å². The molecule has 1 aliphatic rings. The molecule has 0 bridgehead atoms. The Kier molecular flexibility index (Phi) is 4.49. The van der Waals surface area contributed by atoms with E-state index in [1.165, 1.54) is 32.1 Å². The molecular formula is C15H19ClN2. The first-order valence-corrected chi connectivity index (χ1v) is 7.07. The summed E-state index contributed by atoms with van der Waals surface area (Å²) in [5, 5.41) is 13.0.